The van der Waals surface area contributed by atoms with Crippen molar-refractivity contribution in [1.29, 1.82) is 0 Å². The van der Waals surface area contributed by atoms with Crippen LogP contribution >= 0.6 is 34.9 Å². The molecular formula is C12H18N2OS3. The third-order valence-electron chi connectivity index (χ3n) is 3.56. The molecule has 0 aliphatic carbocycles. The van der Waals surface area contributed by atoms with Crippen molar-refractivity contribution in [1.82, 2.24) is 4.98 Å². The van der Waals surface area contributed by atoms with E-state index in [2.05, 4.69) is 11.9 Å². The van der Waals surface area contributed by atoms with Gasteiger partial charge in [-0.3, -0.25) is 0 Å². The Balaban J connectivity index is 1.67. The average Bonchev–Trinajstić information content (AvgIpc) is 2.88. The number of thioether (sulfide) groups is 2. The van der Waals surface area contributed by atoms with Crippen LogP contribution in [0.4, 0.5) is 5.13 Å². The predicted molar refractivity (Wildman–Crippen MR) is 80.8 cm³/mol. The molecule has 1 aromatic heterocycles. The lowest BCUT2D eigenvalue weighted by molar-refractivity contribution is -0.0562. The summed E-state index contributed by atoms with van der Waals surface area (Å²) in [5.41, 5.74) is 7.02. The molecule has 18 heavy (non-hydrogen) atoms. The normalized spacial score (nSPS) is 32.2. The summed E-state index contributed by atoms with van der Waals surface area (Å²) in [6.07, 6.45) is 3.55. The first kappa shape index (κ1) is 13.1. The van der Waals surface area contributed by atoms with Gasteiger partial charge in [-0.2, -0.15) is 11.8 Å². The lowest BCUT2D eigenvalue weighted by Crippen LogP contribution is -2.40. The fourth-order valence-corrected chi connectivity index (χ4v) is 6.53. The second-order valence-corrected chi connectivity index (χ2v) is 8.70. The van der Waals surface area contributed by atoms with Gasteiger partial charge in [0.15, 0.2) is 5.13 Å². The molecule has 0 amide bonds. The van der Waals surface area contributed by atoms with E-state index in [4.69, 9.17) is 10.5 Å². The minimum absolute atomic E-state index is 0.171. The standard InChI is InChI=1S/C12H18N2OS3/c1-8-10(18-11(13)14-8)17-9-2-4-15-12(6-9)3-5-16-7-12/h9H,2-7H2,1H3,(H2,13,14). The van der Waals surface area contributed by atoms with Crippen LogP contribution in [0.25, 0.3) is 0 Å². The molecule has 2 saturated heterocycles. The molecule has 3 nitrogen and oxygen atoms in total. The van der Waals surface area contributed by atoms with E-state index < -0.39 is 0 Å². The van der Waals surface area contributed by atoms with Crippen LogP contribution in [-0.2, 0) is 4.74 Å². The van der Waals surface area contributed by atoms with Gasteiger partial charge < -0.3 is 10.5 Å². The highest BCUT2D eigenvalue weighted by Gasteiger charge is 2.40. The first-order valence-electron chi connectivity index (χ1n) is 6.28. The Morgan fingerprint density at radius 1 is 1.56 bits per heavy atom. The van der Waals surface area contributed by atoms with Crippen LogP contribution in [0.2, 0.25) is 0 Å². The number of rotatable bonds is 2. The summed E-state index contributed by atoms with van der Waals surface area (Å²) >= 11 is 5.61. The van der Waals surface area contributed by atoms with Crippen molar-refractivity contribution in [2.45, 2.75) is 41.2 Å². The first-order chi connectivity index (χ1) is 8.67. The molecule has 2 unspecified atom stereocenters. The van der Waals surface area contributed by atoms with Crippen molar-refractivity contribution in [3.63, 3.8) is 0 Å². The van der Waals surface area contributed by atoms with Gasteiger partial charge in [0.05, 0.1) is 15.5 Å². The Morgan fingerprint density at radius 2 is 2.44 bits per heavy atom. The zero-order chi connectivity index (χ0) is 12.6. The van der Waals surface area contributed by atoms with Crippen LogP contribution in [0.15, 0.2) is 4.21 Å². The lowest BCUT2D eigenvalue weighted by Gasteiger charge is -2.37. The predicted octanol–water partition coefficient (Wildman–Crippen LogP) is 3.18. The lowest BCUT2D eigenvalue weighted by atomic mass is 9.93. The highest BCUT2D eigenvalue weighted by molar-refractivity contribution is 8.01. The summed E-state index contributed by atoms with van der Waals surface area (Å²) in [5, 5.41) is 1.35. The Labute approximate surface area is 120 Å². The number of hydrogen-bond donors (Lipinski definition) is 1. The second kappa shape index (κ2) is 5.23. The summed E-state index contributed by atoms with van der Waals surface area (Å²) in [4.78, 5) is 4.31. The average molecular weight is 302 g/mol. The van der Waals surface area contributed by atoms with Crippen molar-refractivity contribution in [3.05, 3.63) is 5.69 Å². The van der Waals surface area contributed by atoms with Gasteiger partial charge in [0.2, 0.25) is 0 Å². The van der Waals surface area contributed by atoms with Crippen molar-refractivity contribution < 1.29 is 4.74 Å². The number of thiazole rings is 1. The number of aromatic nitrogens is 1. The van der Waals surface area contributed by atoms with Gasteiger partial charge in [-0.15, -0.1) is 11.8 Å². The number of nitrogen functional groups attached to an aromatic ring is 1. The maximum Gasteiger partial charge on any atom is 0.181 e. The van der Waals surface area contributed by atoms with E-state index in [0.717, 1.165) is 18.7 Å². The van der Waals surface area contributed by atoms with Gasteiger partial charge in [-0.25, -0.2) is 4.98 Å². The maximum absolute atomic E-state index is 6.06. The molecule has 2 N–H and O–H groups in total. The SMILES string of the molecule is Cc1nc(N)sc1SC1CCOC2(CCSC2)C1. The largest absolute Gasteiger partial charge is 0.375 e. The fourth-order valence-electron chi connectivity index (χ4n) is 2.61. The van der Waals surface area contributed by atoms with Crippen LogP contribution in [0.5, 0.6) is 0 Å². The number of nitrogens with two attached hydrogens (primary N) is 1. The molecule has 3 heterocycles. The third kappa shape index (κ3) is 2.66. The number of aryl methyl sites for hydroxylation is 1. The zero-order valence-corrected chi connectivity index (χ0v) is 12.9. The van der Waals surface area contributed by atoms with Crippen molar-refractivity contribution in [3.8, 4) is 0 Å². The Kier molecular flexibility index (Phi) is 3.80. The van der Waals surface area contributed by atoms with E-state index in [1.54, 1.807) is 11.3 Å². The summed E-state index contributed by atoms with van der Waals surface area (Å²) < 4.78 is 7.35. The van der Waals surface area contributed by atoms with Gasteiger partial charge in [-0.05, 0) is 31.9 Å². The van der Waals surface area contributed by atoms with Crippen molar-refractivity contribution in [2.24, 2.45) is 0 Å². The molecule has 2 atom stereocenters. The molecule has 100 valence electrons. The van der Waals surface area contributed by atoms with E-state index in [-0.39, 0.29) is 5.60 Å². The van der Waals surface area contributed by atoms with Crippen LogP contribution < -0.4 is 5.73 Å². The number of nitrogens with zero attached hydrogens (tertiary/aromatic N) is 1. The Bertz CT molecular complexity index is 429. The molecule has 6 heteroatoms. The molecule has 2 aliphatic rings. The summed E-state index contributed by atoms with van der Waals surface area (Å²) in [6.45, 7) is 2.96. The Hall–Kier alpha value is 0.0900. The van der Waals surface area contributed by atoms with Gasteiger partial charge in [0.25, 0.3) is 0 Å². The van der Waals surface area contributed by atoms with Gasteiger partial charge in [0.1, 0.15) is 0 Å². The van der Waals surface area contributed by atoms with Crippen LogP contribution in [0.1, 0.15) is 25.0 Å². The third-order valence-corrected chi connectivity index (χ3v) is 7.35. The summed E-state index contributed by atoms with van der Waals surface area (Å²) in [7, 11) is 0. The number of hydrogen-bond acceptors (Lipinski definition) is 6. The van der Waals surface area contributed by atoms with Crippen LogP contribution in [0.3, 0.4) is 0 Å². The smallest absolute Gasteiger partial charge is 0.181 e. The van der Waals surface area contributed by atoms with Crippen LogP contribution in [-0.4, -0.2) is 33.9 Å². The Morgan fingerprint density at radius 3 is 3.11 bits per heavy atom. The topological polar surface area (TPSA) is 48.1 Å². The molecule has 0 saturated carbocycles. The summed E-state index contributed by atoms with van der Waals surface area (Å²) in [6, 6.07) is 0. The van der Waals surface area contributed by atoms with Gasteiger partial charge in [0, 0.05) is 17.6 Å². The molecule has 0 bridgehead atoms. The number of ether oxygens (including phenoxy) is 1. The second-order valence-electron chi connectivity index (χ2n) is 4.99. The zero-order valence-electron chi connectivity index (χ0n) is 10.5. The number of anilines is 1. The van der Waals surface area contributed by atoms with Crippen molar-refractivity contribution in [2.75, 3.05) is 23.8 Å². The molecule has 2 aliphatic heterocycles. The monoisotopic (exact) mass is 302 g/mol. The molecule has 3 rings (SSSR count). The van der Waals surface area contributed by atoms with E-state index in [0.29, 0.717) is 10.4 Å². The quantitative estimate of drug-likeness (QED) is 0.909. The van der Waals surface area contributed by atoms with E-state index in [1.165, 1.54) is 28.6 Å². The van der Waals surface area contributed by atoms with Crippen LogP contribution in [0, 0.1) is 6.92 Å². The maximum atomic E-state index is 6.06. The molecule has 2 fully saturated rings. The van der Waals surface area contributed by atoms with E-state index in [9.17, 15) is 0 Å². The van der Waals surface area contributed by atoms with Gasteiger partial charge in [-0.1, -0.05) is 11.3 Å². The highest BCUT2D eigenvalue weighted by atomic mass is 32.2. The van der Waals surface area contributed by atoms with E-state index in [1.807, 2.05) is 23.5 Å². The van der Waals surface area contributed by atoms with Gasteiger partial charge >= 0.3 is 0 Å². The molecule has 0 radical (unpaired) electrons. The minimum atomic E-state index is 0.171. The molecule has 1 spiro atoms. The highest BCUT2D eigenvalue weighted by Crippen LogP contribution is 2.44. The molecule has 0 aromatic carbocycles. The minimum Gasteiger partial charge on any atom is -0.375 e. The van der Waals surface area contributed by atoms with Crippen molar-refractivity contribution >= 4 is 40.0 Å². The van der Waals surface area contributed by atoms with E-state index >= 15 is 0 Å². The first-order valence-corrected chi connectivity index (χ1v) is 9.13. The molecular weight excluding hydrogens is 284 g/mol. The fraction of sp³-hybridized carbons (Fsp3) is 0.750. The summed E-state index contributed by atoms with van der Waals surface area (Å²) in [5.74, 6) is 2.43. The molecule has 1 aromatic rings.